The standard InChI is InChI=1S/C26H28F3N3O4/c1-15-9-16(13-25(2,3)12-15)14-32-21-11-22(35-4)19(23(33)34)10-20(21)31-24(32)30-17-5-7-18(8-6-17)36-26(27,28)29/h5-8,10-11,14-16H,9,12-13H2,1-4H3,(H-,30,31,33,34)/p+1. The third kappa shape index (κ3) is 5.80. The first-order chi connectivity index (χ1) is 16.8. The summed E-state index contributed by atoms with van der Waals surface area (Å²) in [6.07, 6.45) is 0.426. The average molecular weight is 505 g/mol. The van der Waals surface area contributed by atoms with E-state index in [1.54, 1.807) is 6.07 Å². The fourth-order valence-electron chi connectivity index (χ4n) is 5.31. The van der Waals surface area contributed by atoms with Crippen molar-refractivity contribution in [3.63, 3.8) is 0 Å². The summed E-state index contributed by atoms with van der Waals surface area (Å²) >= 11 is 0. The molecule has 7 nitrogen and oxygen atoms in total. The molecule has 1 heterocycles. The number of guanidine groups is 1. The van der Waals surface area contributed by atoms with E-state index in [2.05, 4.69) is 42.0 Å². The Morgan fingerprint density at radius 2 is 1.92 bits per heavy atom. The third-order valence-electron chi connectivity index (χ3n) is 6.37. The molecule has 2 atom stereocenters. The molecule has 2 aromatic carbocycles. The molecule has 2 N–H and O–H groups in total. The van der Waals surface area contributed by atoms with Gasteiger partial charge in [0.05, 0.1) is 19.0 Å². The second-order valence-electron chi connectivity index (χ2n) is 10.2. The Bertz CT molecular complexity index is 1220. The molecule has 0 radical (unpaired) electrons. The maximum Gasteiger partial charge on any atom is 0.573 e. The highest BCUT2D eigenvalue weighted by Gasteiger charge is 2.36. The monoisotopic (exact) mass is 504 g/mol. The number of rotatable bonds is 5. The van der Waals surface area contributed by atoms with Crippen molar-refractivity contribution in [2.75, 3.05) is 12.4 Å². The molecule has 10 heteroatoms. The van der Waals surface area contributed by atoms with Crippen molar-refractivity contribution >= 4 is 35.2 Å². The number of carbonyl (C=O) groups is 1. The molecule has 1 fully saturated rings. The van der Waals surface area contributed by atoms with Crippen LogP contribution in [0, 0.1) is 17.3 Å². The lowest BCUT2D eigenvalue weighted by atomic mass is 9.68. The van der Waals surface area contributed by atoms with Gasteiger partial charge in [0, 0.05) is 18.1 Å². The van der Waals surface area contributed by atoms with Crippen molar-refractivity contribution in [2.24, 2.45) is 22.2 Å². The van der Waals surface area contributed by atoms with E-state index < -0.39 is 12.3 Å². The van der Waals surface area contributed by atoms with Crippen molar-refractivity contribution in [1.29, 1.82) is 0 Å². The van der Waals surface area contributed by atoms with Gasteiger partial charge >= 0.3 is 18.3 Å². The second kappa shape index (κ2) is 9.48. The predicted octanol–water partition coefficient (Wildman–Crippen LogP) is 6.58. The van der Waals surface area contributed by atoms with E-state index in [1.165, 1.54) is 37.4 Å². The Labute approximate surface area is 207 Å². The van der Waals surface area contributed by atoms with Crippen LogP contribution >= 0.6 is 0 Å². The number of nitrogens with one attached hydrogen (secondary N) is 1. The Hall–Kier alpha value is -3.56. The van der Waals surface area contributed by atoms with Gasteiger partial charge in [0.2, 0.25) is 0 Å². The number of hydrogen-bond donors (Lipinski definition) is 2. The number of carboxylic acids is 1. The van der Waals surface area contributed by atoms with Crippen LogP contribution in [-0.2, 0) is 0 Å². The molecule has 0 spiro atoms. The Kier molecular flexibility index (Phi) is 6.72. The van der Waals surface area contributed by atoms with Crippen LogP contribution in [0.2, 0.25) is 0 Å². The van der Waals surface area contributed by atoms with Crippen LogP contribution in [0.3, 0.4) is 0 Å². The summed E-state index contributed by atoms with van der Waals surface area (Å²) < 4.78 is 48.7. The van der Waals surface area contributed by atoms with Gasteiger partial charge in [0.15, 0.2) is 11.4 Å². The van der Waals surface area contributed by atoms with Crippen LogP contribution in [-0.4, -0.2) is 41.3 Å². The number of nitrogens with zero attached hydrogens (tertiary/aromatic N) is 2. The number of halogens is 3. The summed E-state index contributed by atoms with van der Waals surface area (Å²) in [4.78, 5) is 16.4. The molecule has 1 saturated carbocycles. The summed E-state index contributed by atoms with van der Waals surface area (Å²) in [5.41, 5.74) is 1.77. The van der Waals surface area contributed by atoms with E-state index in [0.29, 0.717) is 28.9 Å². The van der Waals surface area contributed by atoms with Gasteiger partial charge in [0.1, 0.15) is 17.1 Å². The molecule has 36 heavy (non-hydrogen) atoms. The largest absolute Gasteiger partial charge is 0.573 e. The number of methoxy groups -OCH3 is 1. The second-order valence-corrected chi connectivity index (χ2v) is 10.2. The molecule has 1 aliphatic carbocycles. The van der Waals surface area contributed by atoms with Crippen LogP contribution in [0.5, 0.6) is 11.5 Å². The number of aliphatic imine (C=N–C) groups is 1. The van der Waals surface area contributed by atoms with Gasteiger partial charge in [-0.25, -0.2) is 14.7 Å². The van der Waals surface area contributed by atoms with Crippen molar-refractivity contribution in [3.8, 4) is 11.5 Å². The van der Waals surface area contributed by atoms with Gasteiger partial charge < -0.3 is 14.6 Å². The number of anilines is 1. The van der Waals surface area contributed by atoms with E-state index >= 15 is 0 Å². The van der Waals surface area contributed by atoms with Crippen molar-refractivity contribution in [2.45, 2.75) is 46.4 Å². The Morgan fingerprint density at radius 1 is 1.22 bits per heavy atom. The fourth-order valence-corrected chi connectivity index (χ4v) is 5.31. The smallest absolute Gasteiger partial charge is 0.496 e. The maximum absolute atomic E-state index is 12.5. The van der Waals surface area contributed by atoms with E-state index in [0.717, 1.165) is 19.3 Å². The van der Waals surface area contributed by atoms with Crippen molar-refractivity contribution in [3.05, 3.63) is 42.0 Å². The normalized spacial score (nSPS) is 22.1. The van der Waals surface area contributed by atoms with E-state index in [-0.39, 0.29) is 28.4 Å². The average Bonchev–Trinajstić information content (AvgIpc) is 3.07. The molecule has 2 aliphatic rings. The minimum atomic E-state index is -4.77. The van der Waals surface area contributed by atoms with Gasteiger partial charge in [-0.15, -0.1) is 13.2 Å². The maximum atomic E-state index is 12.5. The number of aromatic carboxylic acids is 1. The van der Waals surface area contributed by atoms with E-state index in [4.69, 9.17) is 4.74 Å². The number of hydrogen-bond acceptors (Lipinski definition) is 5. The van der Waals surface area contributed by atoms with Gasteiger partial charge in [-0.05, 0) is 54.9 Å². The number of carboxylic acid groups (broad SMARTS) is 1. The molecule has 4 rings (SSSR count). The Balaban J connectivity index is 1.71. The molecular formula is C26H29F3N3O4+. The summed E-state index contributed by atoms with van der Waals surface area (Å²) in [6.45, 7) is 6.74. The highest BCUT2D eigenvalue weighted by Crippen LogP contribution is 2.43. The lowest BCUT2D eigenvalue weighted by Crippen LogP contribution is -2.32. The topological polar surface area (TPSA) is 83.2 Å². The highest BCUT2D eigenvalue weighted by atomic mass is 19.4. The van der Waals surface area contributed by atoms with Gasteiger partial charge in [-0.3, -0.25) is 0 Å². The first-order valence-corrected chi connectivity index (χ1v) is 11.6. The Morgan fingerprint density at radius 3 is 2.50 bits per heavy atom. The van der Waals surface area contributed by atoms with Crippen LogP contribution in [0.15, 0.2) is 41.4 Å². The number of alkyl halides is 3. The van der Waals surface area contributed by atoms with Crippen molar-refractivity contribution < 1.29 is 37.1 Å². The summed E-state index contributed by atoms with van der Waals surface area (Å²) in [6, 6.07) is 8.44. The highest BCUT2D eigenvalue weighted by molar-refractivity contribution is 6.00. The molecule has 0 bridgehead atoms. The summed E-state index contributed by atoms with van der Waals surface area (Å²) in [7, 11) is 1.41. The van der Waals surface area contributed by atoms with Gasteiger partial charge in [0.25, 0.3) is 0 Å². The van der Waals surface area contributed by atoms with Crippen LogP contribution in [0.4, 0.5) is 30.2 Å². The molecule has 0 aromatic heterocycles. The number of benzene rings is 2. The molecule has 0 saturated heterocycles. The first-order valence-electron chi connectivity index (χ1n) is 11.6. The van der Waals surface area contributed by atoms with Gasteiger partial charge in [-0.2, -0.15) is 0 Å². The zero-order valence-corrected chi connectivity index (χ0v) is 20.5. The molecule has 0 amide bonds. The fraction of sp³-hybridized carbons (Fsp3) is 0.423. The van der Waals surface area contributed by atoms with E-state index in [1.807, 2.05) is 4.58 Å². The summed E-state index contributed by atoms with van der Waals surface area (Å²) in [5, 5.41) is 12.7. The molecule has 192 valence electrons. The zero-order valence-electron chi connectivity index (χ0n) is 20.5. The minimum Gasteiger partial charge on any atom is -0.496 e. The minimum absolute atomic E-state index is 0.0118. The molecule has 1 aliphatic heterocycles. The van der Waals surface area contributed by atoms with E-state index in [9.17, 15) is 23.1 Å². The lowest BCUT2D eigenvalue weighted by Gasteiger charge is -2.37. The SMILES string of the molecule is COc1cc2c(cc1C(=O)O)N=C(Nc1ccc(OC(F)(F)F)cc1)[N+]2=CC1CC(C)CC(C)(C)C1. The third-order valence-corrected chi connectivity index (χ3v) is 6.37. The summed E-state index contributed by atoms with van der Waals surface area (Å²) in [5.74, 6) is -0.0607. The zero-order chi connectivity index (χ0) is 26.3. The molecular weight excluding hydrogens is 475 g/mol. The quantitative estimate of drug-likeness (QED) is 0.450. The number of ether oxygens (including phenoxy) is 2. The van der Waals surface area contributed by atoms with Gasteiger partial charge in [-0.1, -0.05) is 25.8 Å². The predicted molar refractivity (Wildman–Crippen MR) is 130 cm³/mol. The van der Waals surface area contributed by atoms with Crippen LogP contribution < -0.4 is 14.8 Å². The number of fused-ring (bicyclic) bond motifs is 1. The van der Waals surface area contributed by atoms with Crippen LogP contribution in [0.25, 0.3) is 0 Å². The van der Waals surface area contributed by atoms with Crippen LogP contribution in [0.1, 0.15) is 50.4 Å². The lowest BCUT2D eigenvalue weighted by molar-refractivity contribution is -0.298. The molecule has 2 unspecified atom stereocenters. The van der Waals surface area contributed by atoms with Crippen molar-refractivity contribution in [1.82, 2.24) is 0 Å². The first kappa shape index (κ1) is 25.5. The molecule has 2 aromatic rings.